The highest BCUT2D eigenvalue weighted by molar-refractivity contribution is 6.29. The van der Waals surface area contributed by atoms with Gasteiger partial charge in [-0.15, -0.1) is 0 Å². The van der Waals surface area contributed by atoms with Gasteiger partial charge in [-0.25, -0.2) is 9.97 Å². The molecule has 0 bridgehead atoms. The quantitative estimate of drug-likeness (QED) is 0.362. The third kappa shape index (κ3) is 1.92. The van der Waals surface area contributed by atoms with Gasteiger partial charge in [0.1, 0.15) is 11.2 Å². The van der Waals surface area contributed by atoms with Crippen molar-refractivity contribution >= 4 is 44.4 Å². The van der Waals surface area contributed by atoms with E-state index >= 15 is 0 Å². The monoisotopic (exact) mass is 330 g/mol. The molecule has 0 saturated heterocycles. The summed E-state index contributed by atoms with van der Waals surface area (Å²) in [7, 11) is 0. The Morgan fingerprint density at radius 3 is 2.38 bits per heavy atom. The maximum absolute atomic E-state index is 6.17. The van der Waals surface area contributed by atoms with Gasteiger partial charge in [0.25, 0.3) is 0 Å². The van der Waals surface area contributed by atoms with Gasteiger partial charge in [-0.05, 0) is 29.8 Å². The van der Waals surface area contributed by atoms with Crippen molar-refractivity contribution < 1.29 is 4.42 Å². The molecule has 2 aromatic heterocycles. The number of fused-ring (bicyclic) bond motifs is 5. The molecule has 3 aromatic carbocycles. The van der Waals surface area contributed by atoms with E-state index in [2.05, 4.69) is 16.0 Å². The molecule has 0 unspecified atom stereocenters. The van der Waals surface area contributed by atoms with Gasteiger partial charge in [-0.3, -0.25) is 0 Å². The summed E-state index contributed by atoms with van der Waals surface area (Å²) in [5, 5.41) is 3.29. The number of aromatic nitrogens is 2. The van der Waals surface area contributed by atoms with Gasteiger partial charge >= 0.3 is 0 Å². The molecule has 0 N–H and O–H groups in total. The minimum absolute atomic E-state index is 0.244. The van der Waals surface area contributed by atoms with Crippen molar-refractivity contribution in [3.8, 4) is 11.3 Å². The average Bonchev–Trinajstić information content (AvgIpc) is 3.00. The van der Waals surface area contributed by atoms with Crippen LogP contribution in [0.25, 0.3) is 44.1 Å². The van der Waals surface area contributed by atoms with E-state index in [0.29, 0.717) is 0 Å². The molecule has 0 atom stereocenters. The Kier molecular flexibility index (Phi) is 2.84. The fourth-order valence-corrected chi connectivity index (χ4v) is 3.39. The fraction of sp³-hybridized carbons (Fsp3) is 0. The molecule has 0 spiro atoms. The van der Waals surface area contributed by atoms with E-state index in [-0.39, 0.29) is 5.28 Å². The van der Waals surface area contributed by atoms with Crippen LogP contribution in [-0.2, 0) is 0 Å². The highest BCUT2D eigenvalue weighted by Crippen LogP contribution is 2.38. The molecular formula is C20H11ClN2O. The molecular weight excluding hydrogens is 320 g/mol. The van der Waals surface area contributed by atoms with Crippen LogP contribution in [0.5, 0.6) is 0 Å². The first kappa shape index (κ1) is 13.5. The van der Waals surface area contributed by atoms with E-state index in [1.165, 1.54) is 0 Å². The summed E-state index contributed by atoms with van der Waals surface area (Å²) in [5.74, 6) is 0. The lowest BCUT2D eigenvalue weighted by molar-refractivity contribution is 0.669. The zero-order chi connectivity index (χ0) is 16.1. The highest BCUT2D eigenvalue weighted by atomic mass is 35.5. The second kappa shape index (κ2) is 5.05. The SMILES string of the molecule is Clc1nc(-c2ccccc2)c2c(ccc3oc4ccccc4c32)n1. The van der Waals surface area contributed by atoms with E-state index in [9.17, 15) is 0 Å². The minimum atomic E-state index is 0.244. The molecule has 4 heteroatoms. The molecule has 5 aromatic rings. The van der Waals surface area contributed by atoms with E-state index < -0.39 is 0 Å². The van der Waals surface area contributed by atoms with Gasteiger partial charge in [0, 0.05) is 21.7 Å². The predicted molar refractivity (Wildman–Crippen MR) is 97.3 cm³/mol. The molecule has 0 saturated carbocycles. The van der Waals surface area contributed by atoms with Crippen molar-refractivity contribution in [1.29, 1.82) is 0 Å². The summed E-state index contributed by atoms with van der Waals surface area (Å²) in [4.78, 5) is 8.93. The number of hydrogen-bond donors (Lipinski definition) is 0. The van der Waals surface area contributed by atoms with Crippen LogP contribution in [0.1, 0.15) is 0 Å². The Hall–Kier alpha value is -2.91. The first-order valence-electron chi connectivity index (χ1n) is 7.64. The Bertz CT molecular complexity index is 1210. The van der Waals surface area contributed by atoms with E-state index in [4.69, 9.17) is 16.0 Å². The van der Waals surface area contributed by atoms with Crippen LogP contribution in [0.4, 0.5) is 0 Å². The maximum Gasteiger partial charge on any atom is 0.223 e. The molecule has 0 aliphatic rings. The maximum atomic E-state index is 6.17. The Morgan fingerprint density at radius 1 is 0.708 bits per heavy atom. The molecule has 0 amide bonds. The molecule has 0 aliphatic carbocycles. The number of nitrogens with zero attached hydrogens (tertiary/aromatic N) is 2. The largest absolute Gasteiger partial charge is 0.456 e. The number of rotatable bonds is 1. The Labute approximate surface area is 142 Å². The van der Waals surface area contributed by atoms with Crippen molar-refractivity contribution in [2.75, 3.05) is 0 Å². The lowest BCUT2D eigenvalue weighted by Gasteiger charge is -2.07. The van der Waals surface area contributed by atoms with Crippen LogP contribution in [0.2, 0.25) is 5.28 Å². The van der Waals surface area contributed by atoms with Crippen LogP contribution < -0.4 is 0 Å². The lowest BCUT2D eigenvalue weighted by Crippen LogP contribution is -1.91. The Morgan fingerprint density at radius 2 is 1.50 bits per heavy atom. The second-order valence-corrected chi connectivity index (χ2v) is 5.98. The van der Waals surface area contributed by atoms with Crippen molar-refractivity contribution in [3.05, 3.63) is 72.0 Å². The van der Waals surface area contributed by atoms with E-state index in [0.717, 1.165) is 44.1 Å². The molecule has 5 rings (SSSR count). The van der Waals surface area contributed by atoms with Crippen LogP contribution in [-0.4, -0.2) is 9.97 Å². The standard InChI is InChI=1S/C20H11ClN2O/c21-20-22-14-10-11-16-17(13-8-4-5-9-15(13)24-16)18(14)19(23-20)12-6-2-1-3-7-12/h1-11H. The van der Waals surface area contributed by atoms with E-state index in [1.807, 2.05) is 60.7 Å². The zero-order valence-electron chi connectivity index (χ0n) is 12.5. The van der Waals surface area contributed by atoms with Gasteiger partial charge < -0.3 is 4.42 Å². The van der Waals surface area contributed by atoms with Gasteiger partial charge in [0.2, 0.25) is 5.28 Å². The fourth-order valence-electron chi connectivity index (χ4n) is 3.22. The first-order chi connectivity index (χ1) is 11.8. The highest BCUT2D eigenvalue weighted by Gasteiger charge is 2.16. The normalized spacial score (nSPS) is 11.5. The van der Waals surface area contributed by atoms with E-state index in [1.54, 1.807) is 0 Å². The number of para-hydroxylation sites is 1. The van der Waals surface area contributed by atoms with Crippen LogP contribution in [0.15, 0.2) is 71.1 Å². The van der Waals surface area contributed by atoms with Gasteiger partial charge in [0.05, 0.1) is 11.2 Å². The summed E-state index contributed by atoms with van der Waals surface area (Å²) in [5.41, 5.74) is 4.32. The summed E-state index contributed by atoms with van der Waals surface area (Å²) in [6, 6.07) is 21.9. The van der Waals surface area contributed by atoms with Crippen LogP contribution in [0.3, 0.4) is 0 Å². The number of benzene rings is 3. The number of hydrogen-bond acceptors (Lipinski definition) is 3. The lowest BCUT2D eigenvalue weighted by atomic mass is 10.0. The molecule has 0 radical (unpaired) electrons. The van der Waals surface area contributed by atoms with Crippen molar-refractivity contribution in [3.63, 3.8) is 0 Å². The summed E-state index contributed by atoms with van der Waals surface area (Å²) in [6.45, 7) is 0. The average molecular weight is 331 g/mol. The van der Waals surface area contributed by atoms with Crippen LogP contribution in [0, 0.1) is 0 Å². The summed E-state index contributed by atoms with van der Waals surface area (Å²) in [6.07, 6.45) is 0. The molecule has 2 heterocycles. The molecule has 0 fully saturated rings. The molecule has 0 aliphatic heterocycles. The van der Waals surface area contributed by atoms with Crippen LogP contribution >= 0.6 is 11.6 Å². The first-order valence-corrected chi connectivity index (χ1v) is 8.02. The van der Waals surface area contributed by atoms with Gasteiger partial charge in [-0.2, -0.15) is 0 Å². The minimum Gasteiger partial charge on any atom is -0.456 e. The number of halogens is 1. The summed E-state index contributed by atoms with van der Waals surface area (Å²) >= 11 is 6.17. The molecule has 3 nitrogen and oxygen atoms in total. The van der Waals surface area contributed by atoms with Gasteiger partial charge in [0.15, 0.2) is 0 Å². The molecule has 114 valence electrons. The van der Waals surface area contributed by atoms with Crippen molar-refractivity contribution in [2.45, 2.75) is 0 Å². The smallest absolute Gasteiger partial charge is 0.223 e. The third-order valence-electron chi connectivity index (χ3n) is 4.22. The Balaban J connectivity index is 2.05. The number of furan rings is 1. The topological polar surface area (TPSA) is 38.9 Å². The second-order valence-electron chi connectivity index (χ2n) is 5.64. The molecule has 24 heavy (non-hydrogen) atoms. The van der Waals surface area contributed by atoms with Crippen molar-refractivity contribution in [1.82, 2.24) is 9.97 Å². The summed E-state index contributed by atoms with van der Waals surface area (Å²) < 4.78 is 5.99. The van der Waals surface area contributed by atoms with Gasteiger partial charge in [-0.1, -0.05) is 48.5 Å². The van der Waals surface area contributed by atoms with Crippen molar-refractivity contribution in [2.24, 2.45) is 0 Å². The predicted octanol–water partition coefficient (Wildman–Crippen LogP) is 5.85. The third-order valence-corrected chi connectivity index (χ3v) is 4.39. The zero-order valence-corrected chi connectivity index (χ0v) is 13.3.